The zero-order valence-electron chi connectivity index (χ0n) is 13.5. The average Bonchev–Trinajstić information content (AvgIpc) is 2.50. The van der Waals surface area contributed by atoms with Crippen LogP contribution < -0.4 is 16.6 Å². The Morgan fingerprint density at radius 1 is 1.14 bits per heavy atom. The maximum Gasteiger partial charge on any atom is 0.158 e. The van der Waals surface area contributed by atoms with Gasteiger partial charge in [0.2, 0.25) is 0 Å². The first kappa shape index (κ1) is 17.7. The molecule has 21 heavy (non-hydrogen) atoms. The fourth-order valence-electron chi connectivity index (χ4n) is 2.20. The number of aromatic nitrogens is 2. The highest BCUT2D eigenvalue weighted by Crippen LogP contribution is 2.16. The Morgan fingerprint density at radius 3 is 2.52 bits per heavy atom. The van der Waals surface area contributed by atoms with E-state index in [0.29, 0.717) is 30.9 Å². The van der Waals surface area contributed by atoms with E-state index < -0.39 is 0 Å². The van der Waals surface area contributed by atoms with Crippen LogP contribution in [0.5, 0.6) is 0 Å². The second-order valence-electron chi connectivity index (χ2n) is 5.11. The Kier molecular flexibility index (Phi) is 8.69. The molecule has 0 aliphatic heterocycles. The summed E-state index contributed by atoms with van der Waals surface area (Å²) in [5.74, 6) is 7.53. The largest absolute Gasteiger partial charge is 0.374 e. The molecule has 4 N–H and O–H groups in total. The third kappa shape index (κ3) is 6.73. The molecule has 1 unspecified atom stereocenters. The molecule has 1 aromatic rings. The Bertz CT molecular complexity index is 400. The average molecular weight is 295 g/mol. The van der Waals surface area contributed by atoms with Crippen LogP contribution in [0.25, 0.3) is 0 Å². The smallest absolute Gasteiger partial charge is 0.158 e. The lowest BCUT2D eigenvalue weighted by molar-refractivity contribution is 0.128. The van der Waals surface area contributed by atoms with Crippen molar-refractivity contribution in [1.29, 1.82) is 0 Å². The Morgan fingerprint density at radius 2 is 1.90 bits per heavy atom. The zero-order chi connectivity index (χ0) is 15.5. The van der Waals surface area contributed by atoms with Crippen molar-refractivity contribution in [2.75, 3.05) is 17.3 Å². The fourth-order valence-corrected chi connectivity index (χ4v) is 2.20. The first-order chi connectivity index (χ1) is 10.2. The maximum absolute atomic E-state index is 5.48. The molecule has 0 aromatic carbocycles. The molecular weight excluding hydrogens is 266 g/mol. The molecular formula is C15H29N5O. The molecule has 0 aliphatic carbocycles. The topological polar surface area (TPSA) is 85.1 Å². The summed E-state index contributed by atoms with van der Waals surface area (Å²) in [6.45, 7) is 7.40. The lowest BCUT2D eigenvalue weighted by Crippen LogP contribution is -2.21. The minimum Gasteiger partial charge on any atom is -0.374 e. The summed E-state index contributed by atoms with van der Waals surface area (Å²) in [4.78, 5) is 8.80. The lowest BCUT2D eigenvalue weighted by atomic mass is 10.1. The summed E-state index contributed by atoms with van der Waals surface area (Å²) in [7, 11) is 0. The third-order valence-electron chi connectivity index (χ3n) is 3.25. The molecule has 120 valence electrons. The van der Waals surface area contributed by atoms with Crippen molar-refractivity contribution in [3.63, 3.8) is 0 Å². The van der Waals surface area contributed by atoms with E-state index in [1.165, 1.54) is 12.8 Å². The molecule has 0 fully saturated rings. The molecule has 1 atom stereocenters. The van der Waals surface area contributed by atoms with Crippen LogP contribution in [-0.2, 0) is 11.3 Å². The van der Waals surface area contributed by atoms with Gasteiger partial charge in [-0.15, -0.1) is 0 Å². The van der Waals surface area contributed by atoms with E-state index in [1.54, 1.807) is 0 Å². The number of nitrogen functional groups attached to an aromatic ring is 1. The summed E-state index contributed by atoms with van der Waals surface area (Å²) in [6, 6.07) is 2.28. The van der Waals surface area contributed by atoms with Gasteiger partial charge >= 0.3 is 0 Å². The quantitative estimate of drug-likeness (QED) is 0.430. The molecule has 0 amide bonds. The van der Waals surface area contributed by atoms with Crippen LogP contribution in [0.15, 0.2) is 6.07 Å². The van der Waals surface area contributed by atoms with Crippen molar-refractivity contribution in [3.8, 4) is 0 Å². The van der Waals surface area contributed by atoms with Crippen molar-refractivity contribution < 1.29 is 4.74 Å². The molecule has 1 aromatic heterocycles. The first-order valence-corrected chi connectivity index (χ1v) is 7.92. The van der Waals surface area contributed by atoms with Gasteiger partial charge in [-0.3, -0.25) is 0 Å². The van der Waals surface area contributed by atoms with Crippen molar-refractivity contribution in [3.05, 3.63) is 11.9 Å². The van der Waals surface area contributed by atoms with Gasteiger partial charge in [0.15, 0.2) is 5.82 Å². The highest BCUT2D eigenvalue weighted by atomic mass is 16.5. The normalized spacial score (nSPS) is 12.2. The Labute approximate surface area is 127 Å². The number of unbranched alkanes of at least 4 members (excludes halogenated alkanes) is 1. The van der Waals surface area contributed by atoms with Gasteiger partial charge in [0, 0.05) is 18.7 Å². The Balaban J connectivity index is 2.77. The lowest BCUT2D eigenvalue weighted by Gasteiger charge is -2.19. The highest BCUT2D eigenvalue weighted by Gasteiger charge is 2.10. The maximum atomic E-state index is 5.48. The molecule has 6 heteroatoms. The first-order valence-electron chi connectivity index (χ1n) is 7.92. The van der Waals surface area contributed by atoms with Gasteiger partial charge < -0.3 is 15.5 Å². The summed E-state index contributed by atoms with van der Waals surface area (Å²) in [6.07, 6.45) is 5.87. The molecule has 0 spiro atoms. The van der Waals surface area contributed by atoms with Gasteiger partial charge in [0.1, 0.15) is 18.2 Å². The van der Waals surface area contributed by atoms with E-state index in [9.17, 15) is 0 Å². The molecule has 0 aliphatic rings. The summed E-state index contributed by atoms with van der Waals surface area (Å²) >= 11 is 0. The van der Waals surface area contributed by atoms with Crippen LogP contribution >= 0.6 is 0 Å². The SMILES string of the molecule is CCCCC(CCC)Nc1cc(NN)nc(COCC)n1. The zero-order valence-corrected chi connectivity index (χ0v) is 13.5. The Hall–Kier alpha value is -1.40. The van der Waals surface area contributed by atoms with Crippen molar-refractivity contribution in [2.45, 2.75) is 65.5 Å². The number of nitrogens with one attached hydrogen (secondary N) is 2. The van der Waals surface area contributed by atoms with Gasteiger partial charge in [-0.2, -0.15) is 0 Å². The van der Waals surface area contributed by atoms with Crippen LogP contribution in [0.1, 0.15) is 58.7 Å². The summed E-state index contributed by atoms with van der Waals surface area (Å²) < 4.78 is 5.37. The number of hydrogen-bond acceptors (Lipinski definition) is 6. The van der Waals surface area contributed by atoms with E-state index in [2.05, 4.69) is 34.6 Å². The predicted molar refractivity (Wildman–Crippen MR) is 87.0 cm³/mol. The summed E-state index contributed by atoms with van der Waals surface area (Å²) in [5, 5.41) is 3.50. The molecule has 0 bridgehead atoms. The van der Waals surface area contributed by atoms with Gasteiger partial charge in [-0.1, -0.05) is 33.1 Å². The number of rotatable bonds is 11. The van der Waals surface area contributed by atoms with Gasteiger partial charge in [0.25, 0.3) is 0 Å². The number of ether oxygens (including phenoxy) is 1. The van der Waals surface area contributed by atoms with E-state index in [1.807, 2.05) is 13.0 Å². The monoisotopic (exact) mass is 295 g/mol. The number of nitrogens with two attached hydrogens (primary N) is 1. The van der Waals surface area contributed by atoms with Gasteiger partial charge in [0.05, 0.1) is 0 Å². The fraction of sp³-hybridized carbons (Fsp3) is 0.733. The van der Waals surface area contributed by atoms with Crippen LogP contribution in [0.2, 0.25) is 0 Å². The van der Waals surface area contributed by atoms with Crippen molar-refractivity contribution in [1.82, 2.24) is 9.97 Å². The van der Waals surface area contributed by atoms with Crippen LogP contribution in [-0.4, -0.2) is 22.6 Å². The minimum atomic E-state index is 0.397. The molecule has 6 nitrogen and oxygen atoms in total. The molecule has 1 heterocycles. The standard InChI is InChI=1S/C15H29N5O/c1-4-7-9-12(8-5-2)17-13-10-14(20-16)19-15(18-13)11-21-6-3/h10,12H,4-9,11,16H2,1-3H3,(H2,17,18,19,20). The van der Waals surface area contributed by atoms with E-state index in [4.69, 9.17) is 10.6 Å². The molecule has 1 rings (SSSR count). The number of anilines is 2. The second kappa shape index (κ2) is 10.3. The van der Waals surface area contributed by atoms with E-state index >= 15 is 0 Å². The van der Waals surface area contributed by atoms with Crippen LogP contribution in [0.3, 0.4) is 0 Å². The number of nitrogens with zero attached hydrogens (tertiary/aromatic N) is 2. The molecule has 0 saturated heterocycles. The minimum absolute atomic E-state index is 0.397. The predicted octanol–water partition coefficient (Wildman–Crippen LogP) is 3.07. The van der Waals surface area contributed by atoms with Crippen LogP contribution in [0.4, 0.5) is 11.6 Å². The number of hydrogen-bond donors (Lipinski definition) is 3. The second-order valence-corrected chi connectivity index (χ2v) is 5.11. The van der Waals surface area contributed by atoms with Crippen molar-refractivity contribution in [2.24, 2.45) is 5.84 Å². The molecule has 0 saturated carbocycles. The van der Waals surface area contributed by atoms with Crippen molar-refractivity contribution >= 4 is 11.6 Å². The van der Waals surface area contributed by atoms with E-state index in [0.717, 1.165) is 25.1 Å². The molecule has 0 radical (unpaired) electrons. The number of hydrazine groups is 1. The van der Waals surface area contributed by atoms with E-state index in [-0.39, 0.29) is 0 Å². The van der Waals surface area contributed by atoms with Gasteiger partial charge in [-0.25, -0.2) is 15.8 Å². The highest BCUT2D eigenvalue weighted by molar-refractivity contribution is 5.47. The third-order valence-corrected chi connectivity index (χ3v) is 3.25. The van der Waals surface area contributed by atoms with Gasteiger partial charge in [-0.05, 0) is 19.8 Å². The summed E-state index contributed by atoms with van der Waals surface area (Å²) in [5.41, 5.74) is 2.59. The van der Waals surface area contributed by atoms with Crippen LogP contribution in [0, 0.1) is 0 Å².